The fraction of sp³-hybridized carbons (Fsp3) is 0.231. The molecule has 0 unspecified atom stereocenters. The van der Waals surface area contributed by atoms with E-state index in [2.05, 4.69) is 5.16 Å². The van der Waals surface area contributed by atoms with Gasteiger partial charge in [0.05, 0.1) is 12.2 Å². The number of hydrogen-bond acceptors (Lipinski definition) is 4. The smallest absolute Gasteiger partial charge is 0.265 e. The van der Waals surface area contributed by atoms with Crippen LogP contribution in [0.4, 0.5) is 5.69 Å². The lowest BCUT2D eigenvalue weighted by atomic mass is 10.2. The molecule has 3 rings (SSSR count). The molecule has 0 bridgehead atoms. The van der Waals surface area contributed by atoms with E-state index in [1.165, 1.54) is 0 Å². The number of carbonyl (C=O) groups is 1. The summed E-state index contributed by atoms with van der Waals surface area (Å²) in [6.45, 7) is 2.29. The van der Waals surface area contributed by atoms with E-state index in [9.17, 15) is 4.79 Å². The van der Waals surface area contributed by atoms with Crippen molar-refractivity contribution in [1.29, 1.82) is 0 Å². The van der Waals surface area contributed by atoms with Gasteiger partial charge in [-0.3, -0.25) is 9.69 Å². The van der Waals surface area contributed by atoms with Crippen LogP contribution in [0.25, 0.3) is 0 Å². The quantitative estimate of drug-likeness (QED) is 0.809. The largest absolute Gasteiger partial charge is 0.482 e. The van der Waals surface area contributed by atoms with Crippen LogP contribution in [0.2, 0.25) is 0 Å². The SMILES string of the molecule is Cc1cc(CN2C(=O)COc3ccccc32)no1. The molecule has 0 atom stereocenters. The van der Waals surface area contributed by atoms with Crippen LogP contribution in [0.15, 0.2) is 34.9 Å². The second kappa shape index (κ2) is 4.18. The summed E-state index contributed by atoms with van der Waals surface area (Å²) in [5, 5.41) is 3.91. The van der Waals surface area contributed by atoms with Crippen LogP contribution in [0, 0.1) is 6.92 Å². The molecule has 18 heavy (non-hydrogen) atoms. The number of hydrogen-bond donors (Lipinski definition) is 0. The van der Waals surface area contributed by atoms with Gasteiger partial charge < -0.3 is 9.26 Å². The van der Waals surface area contributed by atoms with Crippen LogP contribution in [-0.4, -0.2) is 17.7 Å². The number of benzene rings is 1. The maximum atomic E-state index is 11.9. The highest BCUT2D eigenvalue weighted by Gasteiger charge is 2.25. The van der Waals surface area contributed by atoms with Crippen LogP contribution < -0.4 is 9.64 Å². The zero-order valence-corrected chi connectivity index (χ0v) is 9.92. The van der Waals surface area contributed by atoms with Crippen LogP contribution >= 0.6 is 0 Å². The first kappa shape index (κ1) is 10.8. The minimum absolute atomic E-state index is 0.0633. The Labute approximate surface area is 104 Å². The fourth-order valence-electron chi connectivity index (χ4n) is 1.98. The van der Waals surface area contributed by atoms with E-state index < -0.39 is 0 Å². The Morgan fingerprint density at radius 1 is 1.39 bits per heavy atom. The monoisotopic (exact) mass is 244 g/mol. The van der Waals surface area contributed by atoms with Crippen LogP contribution in [0.3, 0.4) is 0 Å². The highest BCUT2D eigenvalue weighted by molar-refractivity contribution is 5.97. The fourth-order valence-corrected chi connectivity index (χ4v) is 1.98. The second-order valence-electron chi connectivity index (χ2n) is 4.17. The van der Waals surface area contributed by atoms with Crippen LogP contribution in [0.5, 0.6) is 5.75 Å². The zero-order chi connectivity index (χ0) is 12.5. The van der Waals surface area contributed by atoms with Crippen LogP contribution in [-0.2, 0) is 11.3 Å². The van der Waals surface area contributed by atoms with Crippen molar-refractivity contribution >= 4 is 11.6 Å². The molecule has 5 nitrogen and oxygen atoms in total. The number of carbonyl (C=O) groups excluding carboxylic acids is 1. The Morgan fingerprint density at radius 2 is 2.22 bits per heavy atom. The summed E-state index contributed by atoms with van der Waals surface area (Å²) < 4.78 is 10.4. The molecule has 0 saturated heterocycles. The highest BCUT2D eigenvalue weighted by atomic mass is 16.5. The third kappa shape index (κ3) is 1.84. The first-order valence-corrected chi connectivity index (χ1v) is 5.68. The standard InChI is InChI=1S/C13H12N2O3/c1-9-6-10(14-18-9)7-15-11-4-2-3-5-12(11)17-8-13(15)16/h2-6H,7-8H2,1H3. The normalized spacial score (nSPS) is 14.3. The summed E-state index contributed by atoms with van der Waals surface area (Å²) in [5.41, 5.74) is 1.51. The molecule has 92 valence electrons. The molecule has 2 heterocycles. The van der Waals surface area contributed by atoms with Gasteiger partial charge >= 0.3 is 0 Å². The minimum Gasteiger partial charge on any atom is -0.482 e. The molecule has 1 aromatic heterocycles. The lowest BCUT2D eigenvalue weighted by molar-refractivity contribution is -0.121. The summed E-state index contributed by atoms with van der Waals surface area (Å²) in [5.74, 6) is 1.38. The molecule has 1 aliphatic rings. The summed E-state index contributed by atoms with van der Waals surface area (Å²) >= 11 is 0. The van der Waals surface area contributed by atoms with Crippen molar-refractivity contribution in [3.05, 3.63) is 41.8 Å². The average Bonchev–Trinajstić information content (AvgIpc) is 2.79. The molecular weight excluding hydrogens is 232 g/mol. The van der Waals surface area contributed by atoms with E-state index in [0.717, 1.165) is 22.9 Å². The van der Waals surface area contributed by atoms with Crippen molar-refractivity contribution in [3.8, 4) is 5.75 Å². The Balaban J connectivity index is 1.93. The maximum Gasteiger partial charge on any atom is 0.265 e. The van der Waals surface area contributed by atoms with Crippen molar-refractivity contribution in [2.24, 2.45) is 0 Å². The highest BCUT2D eigenvalue weighted by Crippen LogP contribution is 2.32. The van der Waals surface area contributed by atoms with Gasteiger partial charge in [0, 0.05) is 6.07 Å². The number of para-hydroxylation sites is 2. The predicted octanol–water partition coefficient (Wildman–Crippen LogP) is 1.91. The number of aryl methyl sites for hydroxylation is 1. The van der Waals surface area contributed by atoms with Crippen molar-refractivity contribution < 1.29 is 14.1 Å². The molecule has 0 radical (unpaired) electrons. The van der Waals surface area contributed by atoms with Crippen molar-refractivity contribution in [2.45, 2.75) is 13.5 Å². The first-order chi connectivity index (χ1) is 8.74. The number of fused-ring (bicyclic) bond motifs is 1. The number of ether oxygens (including phenoxy) is 1. The van der Waals surface area contributed by atoms with E-state index in [1.54, 1.807) is 4.90 Å². The minimum atomic E-state index is -0.0747. The molecule has 1 aliphatic heterocycles. The van der Waals surface area contributed by atoms with E-state index in [4.69, 9.17) is 9.26 Å². The van der Waals surface area contributed by atoms with Crippen molar-refractivity contribution in [2.75, 3.05) is 11.5 Å². The molecule has 0 saturated carbocycles. The molecule has 0 N–H and O–H groups in total. The summed E-state index contributed by atoms with van der Waals surface area (Å²) in [6.07, 6.45) is 0. The summed E-state index contributed by atoms with van der Waals surface area (Å²) in [7, 11) is 0. The molecule has 0 fully saturated rings. The first-order valence-electron chi connectivity index (χ1n) is 5.68. The molecule has 1 aromatic carbocycles. The van der Waals surface area contributed by atoms with Gasteiger partial charge in [-0.1, -0.05) is 17.3 Å². The van der Waals surface area contributed by atoms with Gasteiger partial charge in [0.25, 0.3) is 5.91 Å². The maximum absolute atomic E-state index is 11.9. The van der Waals surface area contributed by atoms with Crippen LogP contribution in [0.1, 0.15) is 11.5 Å². The van der Waals surface area contributed by atoms with E-state index in [0.29, 0.717) is 6.54 Å². The predicted molar refractivity (Wildman–Crippen MR) is 64.4 cm³/mol. The second-order valence-corrected chi connectivity index (χ2v) is 4.17. The number of nitrogens with zero attached hydrogens (tertiary/aromatic N) is 2. The number of aromatic nitrogens is 1. The van der Waals surface area contributed by atoms with Gasteiger partial charge in [-0.2, -0.15) is 0 Å². The summed E-state index contributed by atoms with van der Waals surface area (Å²) in [6, 6.07) is 9.29. The third-order valence-corrected chi connectivity index (χ3v) is 2.81. The Morgan fingerprint density at radius 3 is 3.00 bits per heavy atom. The number of amides is 1. The van der Waals surface area contributed by atoms with Gasteiger partial charge in [-0.25, -0.2) is 0 Å². The van der Waals surface area contributed by atoms with Crippen molar-refractivity contribution in [3.63, 3.8) is 0 Å². The molecule has 1 amide bonds. The van der Waals surface area contributed by atoms with E-state index in [-0.39, 0.29) is 12.5 Å². The molecule has 0 aliphatic carbocycles. The average molecular weight is 244 g/mol. The van der Waals surface area contributed by atoms with Gasteiger partial charge in [-0.05, 0) is 19.1 Å². The van der Waals surface area contributed by atoms with Gasteiger partial charge in [0.15, 0.2) is 6.61 Å². The Kier molecular flexibility index (Phi) is 2.51. The van der Waals surface area contributed by atoms with Gasteiger partial charge in [0.2, 0.25) is 0 Å². The van der Waals surface area contributed by atoms with Gasteiger partial charge in [0.1, 0.15) is 17.2 Å². The lowest BCUT2D eigenvalue weighted by Gasteiger charge is -2.28. The summed E-state index contributed by atoms with van der Waals surface area (Å²) in [4.78, 5) is 13.6. The molecule has 2 aromatic rings. The Hall–Kier alpha value is -2.30. The zero-order valence-electron chi connectivity index (χ0n) is 9.92. The molecule has 5 heteroatoms. The topological polar surface area (TPSA) is 55.6 Å². The molecular formula is C13H12N2O3. The van der Waals surface area contributed by atoms with Crippen molar-refractivity contribution in [1.82, 2.24) is 5.16 Å². The van der Waals surface area contributed by atoms with Gasteiger partial charge in [-0.15, -0.1) is 0 Å². The third-order valence-electron chi connectivity index (χ3n) is 2.81. The number of rotatable bonds is 2. The Bertz CT molecular complexity index is 591. The number of anilines is 1. The lowest BCUT2D eigenvalue weighted by Crippen LogP contribution is -2.38. The van der Waals surface area contributed by atoms with E-state index >= 15 is 0 Å². The van der Waals surface area contributed by atoms with E-state index in [1.807, 2.05) is 37.3 Å². The molecule has 0 spiro atoms.